The third kappa shape index (κ3) is 2.58. The number of ether oxygens (including phenoxy) is 1. The van der Waals surface area contributed by atoms with Crippen molar-refractivity contribution in [2.24, 2.45) is 11.8 Å². The number of likely N-dealkylation sites (N-methyl/N-ethyl adjacent to an activating group) is 1. The molecule has 1 aliphatic carbocycles. The summed E-state index contributed by atoms with van der Waals surface area (Å²) in [5, 5.41) is 12.1. The monoisotopic (exact) mass is 354 g/mol. The molecule has 1 aliphatic heterocycles. The van der Waals surface area contributed by atoms with Gasteiger partial charge in [0.25, 0.3) is 0 Å². The Morgan fingerprint density at radius 3 is 2.88 bits per heavy atom. The van der Waals surface area contributed by atoms with Crippen LogP contribution in [0.2, 0.25) is 0 Å². The fourth-order valence-electron chi connectivity index (χ4n) is 4.93. The molecule has 26 heavy (non-hydrogen) atoms. The van der Waals surface area contributed by atoms with E-state index < -0.39 is 6.10 Å². The van der Waals surface area contributed by atoms with Crippen LogP contribution in [0.15, 0.2) is 35.9 Å². The van der Waals surface area contributed by atoms with E-state index in [1.165, 1.54) is 12.7 Å². The van der Waals surface area contributed by atoms with Crippen LogP contribution in [0.1, 0.15) is 30.7 Å². The minimum Gasteiger partial charge on any atom is -0.469 e. The van der Waals surface area contributed by atoms with Gasteiger partial charge in [-0.05, 0) is 44.4 Å². The van der Waals surface area contributed by atoms with Crippen molar-refractivity contribution in [2.45, 2.75) is 31.9 Å². The highest BCUT2D eigenvalue weighted by molar-refractivity contribution is 5.85. The minimum atomic E-state index is -0.617. The maximum absolute atomic E-state index is 12.7. The van der Waals surface area contributed by atoms with Gasteiger partial charge >= 0.3 is 5.97 Å². The first kappa shape index (κ1) is 17.3. The van der Waals surface area contributed by atoms with E-state index in [-0.39, 0.29) is 23.8 Å². The smallest absolute Gasteiger partial charge is 0.310 e. The van der Waals surface area contributed by atoms with Crippen molar-refractivity contribution in [3.63, 3.8) is 0 Å². The average molecular weight is 354 g/mol. The molecule has 0 amide bonds. The molecule has 2 aliphatic rings. The lowest BCUT2D eigenvalue weighted by molar-refractivity contribution is -0.151. The number of likely N-dealkylation sites (tertiary alicyclic amines) is 1. The average Bonchev–Trinajstić information content (AvgIpc) is 3.01. The molecular formula is C21H26N2O3. The van der Waals surface area contributed by atoms with E-state index in [9.17, 15) is 9.90 Å². The highest BCUT2D eigenvalue weighted by Crippen LogP contribution is 2.44. The maximum Gasteiger partial charge on any atom is 0.310 e. The van der Waals surface area contributed by atoms with Gasteiger partial charge in [0.2, 0.25) is 0 Å². The molecule has 2 aromatic rings. The van der Waals surface area contributed by atoms with E-state index >= 15 is 0 Å². The number of rotatable bonds is 1. The van der Waals surface area contributed by atoms with Crippen molar-refractivity contribution >= 4 is 16.9 Å². The van der Waals surface area contributed by atoms with Gasteiger partial charge in [-0.2, -0.15) is 0 Å². The summed E-state index contributed by atoms with van der Waals surface area (Å²) in [4.78, 5) is 18.4. The number of aromatic amines is 1. The predicted molar refractivity (Wildman–Crippen MR) is 101 cm³/mol. The van der Waals surface area contributed by atoms with Gasteiger partial charge in [0.1, 0.15) is 0 Å². The van der Waals surface area contributed by atoms with Gasteiger partial charge in [0, 0.05) is 29.2 Å². The topological polar surface area (TPSA) is 65.6 Å². The highest BCUT2D eigenvalue weighted by Gasteiger charge is 2.46. The van der Waals surface area contributed by atoms with Gasteiger partial charge in [0.05, 0.1) is 19.1 Å². The molecule has 2 heterocycles. The summed E-state index contributed by atoms with van der Waals surface area (Å²) in [7, 11) is 3.53. The Bertz CT molecular complexity index is 869. The number of methoxy groups -OCH3 is 1. The lowest BCUT2D eigenvalue weighted by Crippen LogP contribution is -2.53. The number of esters is 1. The molecule has 1 saturated heterocycles. The fourth-order valence-corrected chi connectivity index (χ4v) is 4.93. The van der Waals surface area contributed by atoms with E-state index in [4.69, 9.17) is 4.74 Å². The van der Waals surface area contributed by atoms with Crippen molar-refractivity contribution in [3.8, 4) is 0 Å². The maximum atomic E-state index is 12.7. The summed E-state index contributed by atoms with van der Waals surface area (Å²) in [6.07, 6.45) is 2.73. The standard InChI is InChI=1S/C21H26N2O3/c1-4-12-11-23(2)17-9-15-13-7-5-6-8-16(13)22-20(15)18(24)10-14(12)19(17)21(25)26-3/h4-8,14,17-19,22,24H,9-11H2,1-3H3/b12-4+/t14-,17-,18+,19+/m0/s1. The Labute approximate surface area is 153 Å². The number of aromatic nitrogens is 1. The van der Waals surface area contributed by atoms with Crippen LogP contribution in [-0.2, 0) is 16.0 Å². The molecule has 1 aromatic carbocycles. The first-order valence-corrected chi connectivity index (χ1v) is 9.25. The summed E-state index contributed by atoms with van der Waals surface area (Å²) in [5.74, 6) is -0.439. The number of allylic oxidation sites excluding steroid dienone is 1. The summed E-state index contributed by atoms with van der Waals surface area (Å²) in [5.41, 5.74) is 4.27. The van der Waals surface area contributed by atoms with Crippen LogP contribution in [-0.4, -0.2) is 47.7 Å². The largest absolute Gasteiger partial charge is 0.469 e. The Morgan fingerprint density at radius 1 is 1.38 bits per heavy atom. The van der Waals surface area contributed by atoms with Crippen LogP contribution in [0.3, 0.4) is 0 Å². The highest BCUT2D eigenvalue weighted by atomic mass is 16.5. The SMILES string of the molecule is C/C=C1\CN(C)[C@H]2Cc3c([nH]c4ccccc34)[C@H](O)C[C@@H]1[C@H]2C(=O)OC. The number of piperidine rings is 1. The number of nitrogens with zero attached hydrogens (tertiary/aromatic N) is 1. The number of H-pyrrole nitrogens is 1. The summed E-state index contributed by atoms with van der Waals surface area (Å²) >= 11 is 0. The Hall–Kier alpha value is -2.11. The van der Waals surface area contributed by atoms with Gasteiger partial charge in [-0.25, -0.2) is 0 Å². The van der Waals surface area contributed by atoms with Crippen molar-refractivity contribution in [1.29, 1.82) is 0 Å². The lowest BCUT2D eigenvalue weighted by atomic mass is 9.70. The Balaban J connectivity index is 1.89. The van der Waals surface area contributed by atoms with Crippen LogP contribution >= 0.6 is 0 Å². The van der Waals surface area contributed by atoms with Gasteiger partial charge in [0.15, 0.2) is 0 Å². The second-order valence-electron chi connectivity index (χ2n) is 7.52. The van der Waals surface area contributed by atoms with E-state index in [1.54, 1.807) is 0 Å². The second kappa shape index (κ2) is 6.56. The van der Waals surface area contributed by atoms with Gasteiger partial charge in [-0.3, -0.25) is 9.69 Å². The molecule has 2 N–H and O–H groups in total. The third-order valence-electron chi connectivity index (χ3n) is 6.24. The zero-order valence-corrected chi connectivity index (χ0v) is 15.5. The zero-order chi connectivity index (χ0) is 18.4. The Morgan fingerprint density at radius 2 is 2.15 bits per heavy atom. The van der Waals surface area contributed by atoms with Gasteiger partial charge < -0.3 is 14.8 Å². The first-order valence-electron chi connectivity index (χ1n) is 9.25. The number of fused-ring (bicyclic) bond motifs is 5. The normalized spacial score (nSPS) is 30.7. The minimum absolute atomic E-state index is 0.00297. The molecule has 4 rings (SSSR count). The number of carbonyl (C=O) groups is 1. The zero-order valence-electron chi connectivity index (χ0n) is 15.5. The number of benzene rings is 1. The van der Waals surface area contributed by atoms with Crippen LogP contribution in [0.5, 0.6) is 0 Å². The molecule has 0 radical (unpaired) electrons. The number of hydrogen-bond donors (Lipinski definition) is 2. The molecule has 1 fully saturated rings. The Kier molecular flexibility index (Phi) is 4.37. The molecule has 2 bridgehead atoms. The van der Waals surface area contributed by atoms with Crippen LogP contribution in [0.25, 0.3) is 10.9 Å². The molecule has 4 atom stereocenters. The predicted octanol–water partition coefficient (Wildman–Crippen LogP) is 2.81. The van der Waals surface area contributed by atoms with E-state index in [0.29, 0.717) is 6.42 Å². The van der Waals surface area contributed by atoms with Gasteiger partial charge in [-0.15, -0.1) is 0 Å². The number of hydrogen-bond acceptors (Lipinski definition) is 4. The van der Waals surface area contributed by atoms with Crippen molar-refractivity contribution in [1.82, 2.24) is 9.88 Å². The molecule has 5 nitrogen and oxygen atoms in total. The van der Waals surface area contributed by atoms with Crippen molar-refractivity contribution in [2.75, 3.05) is 20.7 Å². The molecule has 0 saturated carbocycles. The molecule has 138 valence electrons. The van der Waals surface area contributed by atoms with Crippen molar-refractivity contribution in [3.05, 3.63) is 47.2 Å². The van der Waals surface area contributed by atoms with E-state index in [0.717, 1.165) is 35.1 Å². The molecule has 1 aromatic heterocycles. The van der Waals surface area contributed by atoms with Crippen molar-refractivity contribution < 1.29 is 14.6 Å². The molecule has 5 heteroatoms. The number of aliphatic hydroxyl groups excluding tert-OH is 1. The van der Waals surface area contributed by atoms with Crippen LogP contribution in [0, 0.1) is 11.8 Å². The van der Waals surface area contributed by atoms with Crippen LogP contribution < -0.4 is 0 Å². The first-order chi connectivity index (χ1) is 12.5. The summed E-state index contributed by atoms with van der Waals surface area (Å²) in [6, 6.07) is 8.20. The number of aliphatic hydroxyl groups is 1. The van der Waals surface area contributed by atoms with Gasteiger partial charge in [-0.1, -0.05) is 29.8 Å². The van der Waals surface area contributed by atoms with Crippen LogP contribution in [0.4, 0.5) is 0 Å². The third-order valence-corrected chi connectivity index (χ3v) is 6.24. The number of para-hydroxylation sites is 1. The second-order valence-corrected chi connectivity index (χ2v) is 7.52. The molecule has 0 spiro atoms. The number of nitrogens with one attached hydrogen (secondary N) is 1. The molecular weight excluding hydrogens is 328 g/mol. The number of carbonyl (C=O) groups excluding carboxylic acids is 1. The quantitative estimate of drug-likeness (QED) is 0.610. The lowest BCUT2D eigenvalue weighted by Gasteiger charge is -2.46. The van der Waals surface area contributed by atoms with E-state index in [2.05, 4.69) is 29.1 Å². The fraction of sp³-hybridized carbons (Fsp3) is 0.476. The summed E-state index contributed by atoms with van der Waals surface area (Å²) in [6.45, 7) is 2.83. The summed E-state index contributed by atoms with van der Waals surface area (Å²) < 4.78 is 5.17. The molecule has 0 unspecified atom stereocenters. The van der Waals surface area contributed by atoms with E-state index in [1.807, 2.05) is 25.1 Å².